The van der Waals surface area contributed by atoms with Crippen molar-refractivity contribution in [3.8, 4) is 0 Å². The second kappa shape index (κ2) is 16.1. The molecule has 2 N–H and O–H groups in total. The normalized spacial score (nSPS) is 11.8. The maximum atomic E-state index is 11.0. The number of hydrogen-bond donors (Lipinski definition) is 2. The van der Waals surface area contributed by atoms with Gasteiger partial charge in [-0.15, -0.1) is 0 Å². The molecule has 0 aromatic heterocycles. The number of carboxylic acids is 3. The molecule has 0 saturated heterocycles. The van der Waals surface area contributed by atoms with E-state index in [4.69, 9.17) is 10.2 Å². The topological polar surface area (TPSA) is 115 Å². The Labute approximate surface area is 168 Å². The van der Waals surface area contributed by atoms with Crippen molar-refractivity contribution < 1.29 is 34.2 Å². The second-order valence-corrected chi connectivity index (χ2v) is 7.49. The first-order chi connectivity index (χ1) is 13.3. The van der Waals surface area contributed by atoms with Crippen molar-refractivity contribution in [3.05, 3.63) is 12.2 Å². The molecule has 0 rings (SSSR count). The average Bonchev–Trinajstić information content (AvgIpc) is 2.63. The van der Waals surface area contributed by atoms with Crippen LogP contribution in [0.1, 0.15) is 77.6 Å². The van der Waals surface area contributed by atoms with E-state index in [1.165, 1.54) is 38.5 Å². The van der Waals surface area contributed by atoms with E-state index in [1.54, 1.807) is 0 Å². The van der Waals surface area contributed by atoms with Crippen molar-refractivity contribution in [1.29, 1.82) is 0 Å². The molecule has 0 aromatic rings. The SMILES string of the molecule is CCCCCCCCC/C=C/C[N+](CCC(=O)[O-])(CCC(=O)O)CCC(=O)O. The monoisotopic (exact) mass is 399 g/mol. The van der Waals surface area contributed by atoms with Gasteiger partial charge in [0.05, 0.1) is 39.0 Å². The van der Waals surface area contributed by atoms with Gasteiger partial charge in [-0.05, 0) is 18.9 Å². The van der Waals surface area contributed by atoms with Crippen LogP contribution in [0.2, 0.25) is 0 Å². The standard InChI is InChI=1S/C21H37NO6/c1-2-3-4-5-6-7-8-9-10-11-15-22(16-12-19(23)24,17-13-20(25)26)18-14-21(27)28/h10-11H,2-9,12-18H2,1H3,(H2-,23,24,25,26,27,28)/b11-10+. The number of carboxylic acid groups (broad SMARTS) is 3. The summed E-state index contributed by atoms with van der Waals surface area (Å²) in [6, 6.07) is 0. The number of hydrogen-bond acceptors (Lipinski definition) is 4. The summed E-state index contributed by atoms with van der Waals surface area (Å²) in [5, 5.41) is 28.9. The molecule has 0 aliphatic carbocycles. The van der Waals surface area contributed by atoms with Crippen molar-refractivity contribution in [3.63, 3.8) is 0 Å². The zero-order valence-corrected chi connectivity index (χ0v) is 17.2. The predicted molar refractivity (Wildman–Crippen MR) is 106 cm³/mol. The first-order valence-electron chi connectivity index (χ1n) is 10.4. The van der Waals surface area contributed by atoms with Gasteiger partial charge < -0.3 is 24.6 Å². The molecule has 0 spiro atoms. The Balaban J connectivity index is 4.62. The fourth-order valence-electron chi connectivity index (χ4n) is 3.24. The number of carbonyl (C=O) groups is 3. The zero-order chi connectivity index (χ0) is 21.3. The van der Waals surface area contributed by atoms with Gasteiger partial charge >= 0.3 is 11.9 Å². The number of aliphatic carboxylic acids is 3. The van der Waals surface area contributed by atoms with Crippen molar-refractivity contribution in [1.82, 2.24) is 0 Å². The predicted octanol–water partition coefficient (Wildman–Crippen LogP) is 2.59. The summed E-state index contributed by atoms with van der Waals surface area (Å²) < 4.78 is 0.139. The molecule has 0 heterocycles. The number of carbonyl (C=O) groups excluding carboxylic acids is 1. The van der Waals surface area contributed by atoms with Gasteiger partial charge in [0.1, 0.15) is 0 Å². The third-order valence-electron chi connectivity index (χ3n) is 5.02. The molecule has 0 aliphatic heterocycles. The van der Waals surface area contributed by atoms with E-state index in [2.05, 4.69) is 6.92 Å². The van der Waals surface area contributed by atoms with Gasteiger partial charge in [0.2, 0.25) is 0 Å². The van der Waals surface area contributed by atoms with Gasteiger partial charge in [-0.2, -0.15) is 0 Å². The second-order valence-electron chi connectivity index (χ2n) is 7.49. The third-order valence-corrected chi connectivity index (χ3v) is 5.02. The smallest absolute Gasteiger partial charge is 0.309 e. The molecule has 0 bridgehead atoms. The Morgan fingerprint density at radius 2 is 1.29 bits per heavy atom. The molecule has 0 saturated carbocycles. The molecule has 0 unspecified atom stereocenters. The molecule has 162 valence electrons. The molecule has 0 amide bonds. The van der Waals surface area contributed by atoms with Crippen LogP contribution in [-0.2, 0) is 14.4 Å². The number of rotatable bonds is 19. The summed E-state index contributed by atoms with van der Waals surface area (Å²) in [7, 11) is 0. The lowest BCUT2D eigenvalue weighted by Gasteiger charge is -2.37. The highest BCUT2D eigenvalue weighted by atomic mass is 16.4. The molecular formula is C21H37NO6. The van der Waals surface area contributed by atoms with E-state index in [9.17, 15) is 19.5 Å². The third kappa shape index (κ3) is 15.2. The fraction of sp³-hybridized carbons (Fsp3) is 0.762. The van der Waals surface area contributed by atoms with Crippen LogP contribution in [0.5, 0.6) is 0 Å². The largest absolute Gasteiger partial charge is 0.550 e. The highest BCUT2D eigenvalue weighted by Gasteiger charge is 2.27. The Hall–Kier alpha value is -1.89. The van der Waals surface area contributed by atoms with E-state index in [-0.39, 0.29) is 43.4 Å². The lowest BCUT2D eigenvalue weighted by Crippen LogP contribution is -2.52. The van der Waals surface area contributed by atoms with Gasteiger partial charge in [-0.3, -0.25) is 9.59 Å². The minimum Gasteiger partial charge on any atom is -0.550 e. The molecule has 7 nitrogen and oxygen atoms in total. The molecular weight excluding hydrogens is 362 g/mol. The number of nitrogens with zero attached hydrogens (tertiary/aromatic N) is 1. The Morgan fingerprint density at radius 3 is 1.79 bits per heavy atom. The molecule has 0 aromatic carbocycles. The van der Waals surface area contributed by atoms with E-state index in [1.807, 2.05) is 12.2 Å². The highest BCUT2D eigenvalue weighted by molar-refractivity contribution is 5.67. The minimum absolute atomic E-state index is 0.127. The van der Waals surface area contributed by atoms with Gasteiger partial charge in [-0.1, -0.05) is 51.5 Å². The summed E-state index contributed by atoms with van der Waals surface area (Å²) in [5.74, 6) is -3.16. The van der Waals surface area contributed by atoms with E-state index >= 15 is 0 Å². The lowest BCUT2D eigenvalue weighted by molar-refractivity contribution is -0.921. The van der Waals surface area contributed by atoms with Gasteiger partial charge in [-0.25, -0.2) is 0 Å². The number of unbranched alkanes of at least 4 members (excludes halogenated alkanes) is 7. The van der Waals surface area contributed by atoms with Crippen LogP contribution in [0.25, 0.3) is 0 Å². The van der Waals surface area contributed by atoms with Gasteiger partial charge in [0.15, 0.2) is 0 Å². The maximum Gasteiger partial charge on any atom is 0.309 e. The van der Waals surface area contributed by atoms with Crippen molar-refractivity contribution in [2.45, 2.75) is 77.6 Å². The Bertz CT molecular complexity index is 444. The van der Waals surface area contributed by atoms with Gasteiger partial charge in [0.25, 0.3) is 0 Å². The first-order valence-corrected chi connectivity index (χ1v) is 10.4. The summed E-state index contributed by atoms with van der Waals surface area (Å²) in [5.41, 5.74) is 0. The number of quaternary nitrogens is 1. The molecule has 7 heteroatoms. The quantitative estimate of drug-likeness (QED) is 0.196. The van der Waals surface area contributed by atoms with Crippen LogP contribution in [-0.4, -0.2) is 58.8 Å². The molecule has 0 aliphatic rings. The maximum absolute atomic E-state index is 11.0. The molecule has 0 fully saturated rings. The highest BCUT2D eigenvalue weighted by Crippen LogP contribution is 2.14. The van der Waals surface area contributed by atoms with Gasteiger partial charge in [0, 0.05) is 12.4 Å². The van der Waals surface area contributed by atoms with Crippen molar-refractivity contribution >= 4 is 17.9 Å². The molecule has 0 atom stereocenters. The summed E-state index contributed by atoms with van der Waals surface area (Å²) in [6.07, 6.45) is 13.0. The van der Waals surface area contributed by atoms with Crippen LogP contribution in [0.15, 0.2) is 12.2 Å². The van der Waals surface area contributed by atoms with Crippen LogP contribution in [0.4, 0.5) is 0 Å². The van der Waals surface area contributed by atoms with E-state index in [0.717, 1.165) is 12.8 Å². The van der Waals surface area contributed by atoms with Crippen molar-refractivity contribution in [2.24, 2.45) is 0 Å². The minimum atomic E-state index is -1.21. The summed E-state index contributed by atoms with van der Waals surface area (Å²) in [6.45, 7) is 3.22. The van der Waals surface area contributed by atoms with Crippen molar-refractivity contribution in [2.75, 3.05) is 26.2 Å². The first kappa shape index (κ1) is 26.1. The number of allylic oxidation sites excluding steroid dienone is 1. The zero-order valence-electron chi connectivity index (χ0n) is 17.2. The molecule has 28 heavy (non-hydrogen) atoms. The summed E-state index contributed by atoms with van der Waals surface area (Å²) in [4.78, 5) is 32.9. The van der Waals surface area contributed by atoms with Crippen LogP contribution < -0.4 is 5.11 Å². The van der Waals surface area contributed by atoms with Crippen LogP contribution in [0.3, 0.4) is 0 Å². The van der Waals surface area contributed by atoms with E-state index < -0.39 is 17.9 Å². The van der Waals surface area contributed by atoms with Crippen LogP contribution in [0, 0.1) is 0 Å². The van der Waals surface area contributed by atoms with E-state index in [0.29, 0.717) is 6.54 Å². The fourth-order valence-corrected chi connectivity index (χ4v) is 3.24. The Morgan fingerprint density at radius 1 is 0.786 bits per heavy atom. The average molecular weight is 400 g/mol. The lowest BCUT2D eigenvalue weighted by atomic mass is 10.1. The molecule has 0 radical (unpaired) electrons. The summed E-state index contributed by atoms with van der Waals surface area (Å²) >= 11 is 0. The van der Waals surface area contributed by atoms with Crippen LogP contribution >= 0.6 is 0 Å². The Kier molecular flexibility index (Phi) is 15.0.